The van der Waals surface area contributed by atoms with Gasteiger partial charge in [-0.2, -0.15) is 13.2 Å². The molecule has 2 amide bonds. The van der Waals surface area contributed by atoms with Crippen molar-refractivity contribution in [1.29, 1.82) is 0 Å². The van der Waals surface area contributed by atoms with E-state index in [0.29, 0.717) is 19.4 Å². The Morgan fingerprint density at radius 3 is 2.56 bits per heavy atom. The molecule has 1 aliphatic heterocycles. The third-order valence-electron chi connectivity index (χ3n) is 2.28. The molecule has 0 saturated carbocycles. The van der Waals surface area contributed by atoms with Crippen molar-refractivity contribution >= 4 is 11.8 Å². The Morgan fingerprint density at radius 2 is 2.06 bits per heavy atom. The molecular formula is C8H12F3N3O2. The van der Waals surface area contributed by atoms with Gasteiger partial charge in [-0.1, -0.05) is 0 Å². The van der Waals surface area contributed by atoms with E-state index in [1.54, 1.807) is 0 Å². The molecule has 3 N–H and O–H groups in total. The molecule has 1 saturated heterocycles. The zero-order chi connectivity index (χ0) is 12.3. The Hall–Kier alpha value is -1.31. The van der Waals surface area contributed by atoms with Crippen LogP contribution in [-0.4, -0.2) is 42.1 Å². The minimum absolute atomic E-state index is 0.150. The number of nitrogens with one attached hydrogen (secondary N) is 1. The smallest absolute Gasteiger partial charge is 0.369 e. The summed E-state index contributed by atoms with van der Waals surface area (Å²) in [5.41, 5.74) is 4.94. The van der Waals surface area contributed by atoms with Gasteiger partial charge in [0.05, 0.1) is 12.7 Å². The van der Waals surface area contributed by atoms with Crippen LogP contribution in [0, 0.1) is 0 Å². The first-order valence-corrected chi connectivity index (χ1v) is 4.71. The lowest BCUT2D eigenvalue weighted by molar-refractivity contribution is -0.175. The molecule has 1 fully saturated rings. The predicted molar refractivity (Wildman–Crippen MR) is 48.0 cm³/mol. The predicted octanol–water partition coefficient (Wildman–Crippen LogP) is -0.428. The fourth-order valence-corrected chi connectivity index (χ4v) is 1.61. The number of alkyl halides is 3. The second-order valence-corrected chi connectivity index (χ2v) is 3.57. The number of primary amides is 1. The molecule has 0 aromatic heterocycles. The van der Waals surface area contributed by atoms with Crippen LogP contribution in [0.3, 0.4) is 0 Å². The van der Waals surface area contributed by atoms with Crippen LogP contribution in [-0.2, 0) is 9.59 Å². The SMILES string of the molecule is NC(=O)CN1CCCC1NC(=O)C(F)(F)F. The van der Waals surface area contributed by atoms with Crippen LogP contribution >= 0.6 is 0 Å². The summed E-state index contributed by atoms with van der Waals surface area (Å²) in [7, 11) is 0. The number of rotatable bonds is 3. The van der Waals surface area contributed by atoms with Crippen molar-refractivity contribution in [3.05, 3.63) is 0 Å². The van der Waals surface area contributed by atoms with Gasteiger partial charge in [0.15, 0.2) is 0 Å². The highest BCUT2D eigenvalue weighted by Gasteiger charge is 2.41. The van der Waals surface area contributed by atoms with Gasteiger partial charge in [-0.15, -0.1) is 0 Å². The van der Waals surface area contributed by atoms with E-state index < -0.39 is 24.2 Å². The van der Waals surface area contributed by atoms with Gasteiger partial charge in [-0.25, -0.2) is 0 Å². The van der Waals surface area contributed by atoms with Crippen LogP contribution in [0.2, 0.25) is 0 Å². The average molecular weight is 239 g/mol. The molecule has 1 unspecified atom stereocenters. The molecule has 5 nitrogen and oxygen atoms in total. The minimum atomic E-state index is -4.90. The second kappa shape index (κ2) is 4.69. The number of likely N-dealkylation sites (tertiary alicyclic amines) is 1. The molecule has 0 bridgehead atoms. The van der Waals surface area contributed by atoms with Gasteiger partial charge in [-0.05, 0) is 12.8 Å². The summed E-state index contributed by atoms with van der Waals surface area (Å²) in [5.74, 6) is -2.62. The van der Waals surface area contributed by atoms with Crippen molar-refractivity contribution in [1.82, 2.24) is 10.2 Å². The number of carbonyl (C=O) groups excluding carboxylic acids is 2. The summed E-state index contributed by atoms with van der Waals surface area (Å²) in [6, 6.07) is 0. The molecule has 8 heteroatoms. The zero-order valence-corrected chi connectivity index (χ0v) is 8.38. The molecule has 0 aromatic rings. The van der Waals surface area contributed by atoms with Crippen LogP contribution < -0.4 is 11.1 Å². The van der Waals surface area contributed by atoms with Crippen LogP contribution in [0.1, 0.15) is 12.8 Å². The Kier molecular flexibility index (Phi) is 3.74. The molecular weight excluding hydrogens is 227 g/mol. The highest BCUT2D eigenvalue weighted by Crippen LogP contribution is 2.18. The van der Waals surface area contributed by atoms with Gasteiger partial charge in [0, 0.05) is 6.54 Å². The highest BCUT2D eigenvalue weighted by molar-refractivity contribution is 5.82. The number of nitrogens with zero attached hydrogens (tertiary/aromatic N) is 1. The largest absolute Gasteiger partial charge is 0.471 e. The quantitative estimate of drug-likeness (QED) is 0.701. The first-order chi connectivity index (χ1) is 7.30. The maximum atomic E-state index is 12.0. The van der Waals surface area contributed by atoms with Gasteiger partial charge in [0.25, 0.3) is 0 Å². The standard InChI is InChI=1S/C8H12F3N3O2/c9-8(10,11)7(16)13-6-2-1-3-14(6)4-5(12)15/h6H,1-4H2,(H2,12,15)(H,13,16). The first kappa shape index (κ1) is 12.8. The van der Waals surface area contributed by atoms with Crippen molar-refractivity contribution in [3.8, 4) is 0 Å². The summed E-state index contributed by atoms with van der Waals surface area (Å²) in [4.78, 5) is 22.7. The summed E-state index contributed by atoms with van der Waals surface area (Å²) in [6.07, 6.45) is -4.66. The van der Waals surface area contributed by atoms with Crippen molar-refractivity contribution in [2.24, 2.45) is 5.73 Å². The van der Waals surface area contributed by atoms with Gasteiger partial charge in [0.1, 0.15) is 0 Å². The third kappa shape index (κ3) is 3.37. The third-order valence-corrected chi connectivity index (χ3v) is 2.28. The topological polar surface area (TPSA) is 75.4 Å². The molecule has 0 aliphatic carbocycles. The van der Waals surface area contributed by atoms with Crippen molar-refractivity contribution < 1.29 is 22.8 Å². The number of carbonyl (C=O) groups is 2. The van der Waals surface area contributed by atoms with E-state index in [9.17, 15) is 22.8 Å². The number of hydrogen-bond donors (Lipinski definition) is 2. The molecule has 92 valence electrons. The fourth-order valence-electron chi connectivity index (χ4n) is 1.61. The van der Waals surface area contributed by atoms with Gasteiger partial charge < -0.3 is 11.1 Å². The van der Waals surface area contributed by atoms with E-state index in [1.165, 1.54) is 4.90 Å². The lowest BCUT2D eigenvalue weighted by atomic mass is 10.3. The Labute approximate surface area is 89.8 Å². The van der Waals surface area contributed by atoms with E-state index in [0.717, 1.165) is 0 Å². The van der Waals surface area contributed by atoms with Crippen LogP contribution in [0.25, 0.3) is 0 Å². The lowest BCUT2D eigenvalue weighted by Crippen LogP contribution is -2.50. The van der Waals surface area contributed by atoms with E-state index in [4.69, 9.17) is 5.73 Å². The number of halogens is 3. The summed E-state index contributed by atoms with van der Waals surface area (Å²) in [5, 5.41) is 1.83. The normalized spacial score (nSPS) is 22.1. The maximum absolute atomic E-state index is 12.0. The Balaban J connectivity index is 2.53. The van der Waals surface area contributed by atoms with E-state index >= 15 is 0 Å². The molecule has 0 radical (unpaired) electrons. The van der Waals surface area contributed by atoms with E-state index in [1.807, 2.05) is 5.32 Å². The average Bonchev–Trinajstić information content (AvgIpc) is 2.50. The van der Waals surface area contributed by atoms with Crippen LogP contribution in [0.4, 0.5) is 13.2 Å². The number of nitrogens with two attached hydrogens (primary N) is 1. The fraction of sp³-hybridized carbons (Fsp3) is 0.750. The van der Waals surface area contributed by atoms with Crippen LogP contribution in [0.15, 0.2) is 0 Å². The molecule has 16 heavy (non-hydrogen) atoms. The van der Waals surface area contributed by atoms with Crippen molar-refractivity contribution in [2.45, 2.75) is 25.2 Å². The highest BCUT2D eigenvalue weighted by atomic mass is 19.4. The lowest BCUT2D eigenvalue weighted by Gasteiger charge is -2.24. The Bertz CT molecular complexity index is 293. The molecule has 1 heterocycles. The zero-order valence-electron chi connectivity index (χ0n) is 8.38. The van der Waals surface area contributed by atoms with Gasteiger partial charge in [0.2, 0.25) is 5.91 Å². The van der Waals surface area contributed by atoms with Crippen molar-refractivity contribution in [3.63, 3.8) is 0 Å². The van der Waals surface area contributed by atoms with Crippen LogP contribution in [0.5, 0.6) is 0 Å². The molecule has 1 rings (SSSR count). The molecule has 1 atom stereocenters. The first-order valence-electron chi connectivity index (χ1n) is 4.71. The minimum Gasteiger partial charge on any atom is -0.369 e. The summed E-state index contributed by atoms with van der Waals surface area (Å²) in [6.45, 7) is 0.300. The number of hydrogen-bond acceptors (Lipinski definition) is 3. The number of amides is 2. The van der Waals surface area contributed by atoms with E-state index in [-0.39, 0.29) is 6.54 Å². The monoisotopic (exact) mass is 239 g/mol. The summed E-state index contributed by atoms with van der Waals surface area (Å²) >= 11 is 0. The second-order valence-electron chi connectivity index (χ2n) is 3.57. The molecule has 0 aromatic carbocycles. The van der Waals surface area contributed by atoms with Gasteiger partial charge >= 0.3 is 12.1 Å². The molecule has 0 spiro atoms. The Morgan fingerprint density at radius 1 is 1.44 bits per heavy atom. The van der Waals surface area contributed by atoms with E-state index in [2.05, 4.69) is 0 Å². The summed E-state index contributed by atoms with van der Waals surface area (Å²) < 4.78 is 35.9. The van der Waals surface area contributed by atoms with Crippen molar-refractivity contribution in [2.75, 3.05) is 13.1 Å². The molecule has 1 aliphatic rings. The van der Waals surface area contributed by atoms with Gasteiger partial charge in [-0.3, -0.25) is 14.5 Å². The maximum Gasteiger partial charge on any atom is 0.471 e.